The second-order valence-electron chi connectivity index (χ2n) is 10.9. The highest BCUT2D eigenvalue weighted by molar-refractivity contribution is 5.90. The third-order valence-electron chi connectivity index (χ3n) is 6.90. The molecule has 3 N–H and O–H groups in total. The lowest BCUT2D eigenvalue weighted by atomic mass is 9.85. The van der Waals surface area contributed by atoms with Crippen LogP contribution in [-0.4, -0.2) is 65.6 Å². The summed E-state index contributed by atoms with van der Waals surface area (Å²) >= 11 is 0. The Hall–Kier alpha value is -3.53. The molecule has 2 aromatic heterocycles. The predicted molar refractivity (Wildman–Crippen MR) is 132 cm³/mol. The number of para-hydroxylation sites is 1. The van der Waals surface area contributed by atoms with Gasteiger partial charge in [-0.3, -0.25) is 14.6 Å². The number of nitrogens with one attached hydrogen (secondary N) is 1. The molecule has 0 bridgehead atoms. The van der Waals surface area contributed by atoms with Crippen molar-refractivity contribution in [3.05, 3.63) is 47.9 Å². The van der Waals surface area contributed by atoms with E-state index in [1.807, 2.05) is 39.1 Å². The highest BCUT2D eigenvalue weighted by atomic mass is 16.3. The minimum atomic E-state index is -0.821. The van der Waals surface area contributed by atoms with Crippen LogP contribution in [0, 0.1) is 5.41 Å². The van der Waals surface area contributed by atoms with Crippen molar-refractivity contribution < 1.29 is 19.8 Å². The van der Waals surface area contributed by atoms with E-state index in [0.29, 0.717) is 22.5 Å². The van der Waals surface area contributed by atoms with Gasteiger partial charge in [-0.25, -0.2) is 4.68 Å². The summed E-state index contributed by atoms with van der Waals surface area (Å²) in [5.41, 5.74) is 1.52. The molecule has 0 spiro atoms. The van der Waals surface area contributed by atoms with Crippen molar-refractivity contribution in [3.8, 4) is 5.75 Å². The summed E-state index contributed by atoms with van der Waals surface area (Å²) < 4.78 is 1.61. The molecule has 3 heterocycles. The van der Waals surface area contributed by atoms with Gasteiger partial charge in [-0.1, -0.05) is 38.1 Å². The zero-order valence-electron chi connectivity index (χ0n) is 20.8. The number of aromatic hydroxyl groups is 1. The van der Waals surface area contributed by atoms with Crippen LogP contribution >= 0.6 is 0 Å². The summed E-state index contributed by atoms with van der Waals surface area (Å²) in [6, 6.07) is 7.24. The second kappa shape index (κ2) is 9.16. The number of amides is 2. The first-order chi connectivity index (χ1) is 17.1. The number of nitrogens with zero attached hydrogens (tertiary/aromatic N) is 5. The number of aromatic nitrogens is 4. The Morgan fingerprint density at radius 2 is 1.97 bits per heavy atom. The zero-order chi connectivity index (χ0) is 25.6. The minimum Gasteiger partial charge on any atom is -0.507 e. The highest BCUT2D eigenvalue weighted by Gasteiger charge is 2.45. The first kappa shape index (κ1) is 24.2. The van der Waals surface area contributed by atoms with E-state index in [4.69, 9.17) is 0 Å². The maximum absolute atomic E-state index is 13.8. The third-order valence-corrected chi connectivity index (χ3v) is 6.90. The molecule has 190 valence electrons. The summed E-state index contributed by atoms with van der Waals surface area (Å²) in [5.74, 6) is -0.152. The average molecular weight is 493 g/mol. The number of aliphatic hydroxyl groups excluding tert-OH is 1. The number of carbonyl (C=O) groups excluding carboxylic acids is 2. The summed E-state index contributed by atoms with van der Waals surface area (Å²) in [6.45, 7) is 6.01. The van der Waals surface area contributed by atoms with Gasteiger partial charge in [-0.15, -0.1) is 5.10 Å². The maximum atomic E-state index is 13.8. The molecule has 1 aliphatic heterocycles. The number of benzene rings is 1. The molecule has 10 nitrogen and oxygen atoms in total. The van der Waals surface area contributed by atoms with E-state index in [-0.39, 0.29) is 37.1 Å². The Morgan fingerprint density at radius 3 is 2.69 bits per heavy atom. The lowest BCUT2D eigenvalue weighted by Crippen LogP contribution is -2.50. The van der Waals surface area contributed by atoms with Crippen LogP contribution in [0.2, 0.25) is 0 Å². The summed E-state index contributed by atoms with van der Waals surface area (Å²) in [6.07, 6.45) is 3.35. The van der Waals surface area contributed by atoms with Gasteiger partial charge in [0.15, 0.2) is 0 Å². The van der Waals surface area contributed by atoms with Crippen LogP contribution in [0.15, 0.2) is 36.5 Å². The number of β-amino-alcohol motifs (C(OH)–C–C–N with tert-alkyl or cyclic N) is 1. The maximum Gasteiger partial charge on any atom is 0.248 e. The molecule has 1 aliphatic carbocycles. The molecule has 5 rings (SSSR count). The van der Waals surface area contributed by atoms with E-state index in [0.717, 1.165) is 18.5 Å². The van der Waals surface area contributed by atoms with Crippen molar-refractivity contribution in [3.63, 3.8) is 0 Å². The molecular formula is C26H32N6O4. The van der Waals surface area contributed by atoms with E-state index in [1.54, 1.807) is 16.8 Å². The van der Waals surface area contributed by atoms with Gasteiger partial charge in [-0.2, -0.15) is 0 Å². The van der Waals surface area contributed by atoms with Gasteiger partial charge < -0.3 is 20.4 Å². The van der Waals surface area contributed by atoms with Gasteiger partial charge in [0.2, 0.25) is 11.8 Å². The Balaban J connectivity index is 1.33. The lowest BCUT2D eigenvalue weighted by Gasteiger charge is -2.34. The number of carbonyl (C=O) groups is 2. The second-order valence-corrected chi connectivity index (χ2v) is 10.9. The van der Waals surface area contributed by atoms with Crippen molar-refractivity contribution in [2.24, 2.45) is 5.41 Å². The van der Waals surface area contributed by atoms with Gasteiger partial charge in [-0.05, 0) is 30.4 Å². The Bertz CT molecular complexity index is 1300. The molecule has 3 atom stereocenters. The fourth-order valence-corrected chi connectivity index (χ4v) is 4.92. The topological polar surface area (TPSA) is 133 Å². The molecule has 1 saturated carbocycles. The number of pyridine rings is 1. The van der Waals surface area contributed by atoms with E-state index in [9.17, 15) is 19.8 Å². The summed E-state index contributed by atoms with van der Waals surface area (Å²) in [4.78, 5) is 33.0. The first-order valence-electron chi connectivity index (χ1n) is 12.4. The molecule has 2 unspecified atom stereocenters. The Labute approximate surface area is 209 Å². The van der Waals surface area contributed by atoms with E-state index < -0.39 is 23.6 Å². The van der Waals surface area contributed by atoms with Gasteiger partial charge in [0.25, 0.3) is 0 Å². The fourth-order valence-electron chi connectivity index (χ4n) is 4.92. The van der Waals surface area contributed by atoms with Crippen molar-refractivity contribution >= 4 is 22.7 Å². The lowest BCUT2D eigenvalue weighted by molar-refractivity contribution is -0.144. The number of hydrogen-bond donors (Lipinski definition) is 3. The van der Waals surface area contributed by atoms with Crippen molar-refractivity contribution in [1.82, 2.24) is 30.2 Å². The number of fused-ring (bicyclic) bond motifs is 1. The van der Waals surface area contributed by atoms with Gasteiger partial charge >= 0.3 is 0 Å². The van der Waals surface area contributed by atoms with Crippen molar-refractivity contribution in [2.75, 3.05) is 6.54 Å². The standard InChI is InChI=1S/C26H32N6O4/c1-26(2,3)23(32-14-20(29-30-32)15-8-9-15)25(36)31-13-17(33)11-21(31)24(35)27-12-16-10-22(34)18-6-4-5-7-19(18)28-16/h4-7,10,14-15,17,21,23,33H,8-9,11-13H2,1-3H3,(H,27,35)(H,28,34)/t17?,21?,23-/m1/s1. The highest BCUT2D eigenvalue weighted by Crippen LogP contribution is 2.40. The number of likely N-dealkylation sites (tertiary alicyclic amines) is 1. The molecule has 0 radical (unpaired) electrons. The third kappa shape index (κ3) is 4.77. The molecule has 1 saturated heterocycles. The minimum absolute atomic E-state index is 0.0721. The zero-order valence-corrected chi connectivity index (χ0v) is 20.8. The molecule has 1 aromatic carbocycles. The number of rotatable bonds is 6. The van der Waals surface area contributed by atoms with Crippen LogP contribution in [0.3, 0.4) is 0 Å². The van der Waals surface area contributed by atoms with Gasteiger partial charge in [0.05, 0.1) is 29.6 Å². The quantitative estimate of drug-likeness (QED) is 0.481. The van der Waals surface area contributed by atoms with Crippen LogP contribution in [0.25, 0.3) is 10.9 Å². The average Bonchev–Trinajstić information content (AvgIpc) is 3.43. The SMILES string of the molecule is CC(C)(C)[C@@H](C(=O)N1CC(O)CC1C(=O)NCc1cc(O)c2ccccc2n1)n1cc(C2CC2)nn1. The van der Waals surface area contributed by atoms with Crippen LogP contribution < -0.4 is 5.32 Å². The van der Waals surface area contributed by atoms with E-state index >= 15 is 0 Å². The smallest absolute Gasteiger partial charge is 0.248 e. The Kier molecular flexibility index (Phi) is 6.15. The van der Waals surface area contributed by atoms with Crippen LogP contribution in [-0.2, 0) is 16.1 Å². The largest absolute Gasteiger partial charge is 0.507 e. The molecule has 3 aromatic rings. The van der Waals surface area contributed by atoms with Crippen molar-refractivity contribution in [2.45, 2.75) is 70.7 Å². The monoisotopic (exact) mass is 492 g/mol. The number of aliphatic hydroxyl groups is 1. The van der Waals surface area contributed by atoms with E-state index in [2.05, 4.69) is 20.6 Å². The van der Waals surface area contributed by atoms with Gasteiger partial charge in [0, 0.05) is 36.5 Å². The molecule has 10 heteroatoms. The summed E-state index contributed by atoms with van der Waals surface area (Å²) in [7, 11) is 0. The molecular weight excluding hydrogens is 460 g/mol. The first-order valence-corrected chi connectivity index (χ1v) is 12.4. The molecule has 2 amide bonds. The van der Waals surface area contributed by atoms with Gasteiger partial charge in [0.1, 0.15) is 17.8 Å². The predicted octanol–water partition coefficient (Wildman–Crippen LogP) is 2.27. The summed E-state index contributed by atoms with van der Waals surface area (Å²) in [5, 5.41) is 32.7. The molecule has 36 heavy (non-hydrogen) atoms. The van der Waals surface area contributed by atoms with Crippen LogP contribution in [0.1, 0.15) is 63.4 Å². The number of hydrogen-bond acceptors (Lipinski definition) is 7. The normalized spacial score (nSPS) is 21.1. The van der Waals surface area contributed by atoms with Crippen molar-refractivity contribution in [1.29, 1.82) is 0 Å². The van der Waals surface area contributed by atoms with Crippen LogP contribution in [0.4, 0.5) is 0 Å². The molecule has 2 fully saturated rings. The fraction of sp³-hybridized carbons (Fsp3) is 0.500. The van der Waals surface area contributed by atoms with E-state index in [1.165, 1.54) is 11.0 Å². The molecule has 2 aliphatic rings. The van der Waals surface area contributed by atoms with Crippen LogP contribution in [0.5, 0.6) is 5.75 Å². The Morgan fingerprint density at radius 1 is 1.22 bits per heavy atom.